The molecule has 0 rings (SSSR count). The second kappa shape index (κ2) is 22.8. The summed E-state index contributed by atoms with van der Waals surface area (Å²) in [5, 5.41) is 14.8. The maximum absolute atomic E-state index is 9.00. The van der Waals surface area contributed by atoms with Crippen molar-refractivity contribution in [1.82, 2.24) is 0 Å². The van der Waals surface area contributed by atoms with Gasteiger partial charge >= 0.3 is 0 Å². The van der Waals surface area contributed by atoms with Crippen molar-refractivity contribution >= 4 is 11.9 Å². The molecule has 0 saturated carbocycles. The van der Waals surface area contributed by atoms with Crippen molar-refractivity contribution in [3.05, 3.63) is 0 Å². The monoisotopic (exact) mass is 219 g/mol. The number of hydrogen-bond donors (Lipinski definition) is 2. The minimum atomic E-state index is -0.833. The van der Waals surface area contributed by atoms with Gasteiger partial charge in [0.15, 0.2) is 0 Å². The maximum Gasteiger partial charge on any atom is 0.300 e. The van der Waals surface area contributed by atoms with Gasteiger partial charge in [-0.3, -0.25) is 9.59 Å². The molecule has 0 saturated heterocycles. The van der Waals surface area contributed by atoms with Crippen molar-refractivity contribution in [3.63, 3.8) is 0 Å². The smallest absolute Gasteiger partial charge is 0.300 e. The third-order valence-electron chi connectivity index (χ3n) is 0. The van der Waals surface area contributed by atoms with Gasteiger partial charge in [-0.05, 0) is 0 Å². The fraction of sp³-hybridized carbons (Fsp3) is 0.500. The van der Waals surface area contributed by atoms with E-state index >= 15 is 0 Å². The number of carboxylic acid groups (broad SMARTS) is 2. The van der Waals surface area contributed by atoms with Crippen LogP contribution in [0.1, 0.15) is 13.8 Å². The van der Waals surface area contributed by atoms with Gasteiger partial charge in [0.05, 0.1) is 0 Å². The predicted molar refractivity (Wildman–Crippen MR) is 33.8 cm³/mol. The van der Waals surface area contributed by atoms with E-state index in [1.54, 1.807) is 0 Å². The van der Waals surface area contributed by atoms with E-state index in [2.05, 4.69) is 0 Å². The van der Waals surface area contributed by atoms with Crippen LogP contribution in [-0.4, -0.2) is 33.1 Å². The summed E-state index contributed by atoms with van der Waals surface area (Å²) in [5.41, 5.74) is 0. The Morgan fingerprint density at radius 3 is 0.909 bits per heavy atom. The van der Waals surface area contributed by atoms with Crippen LogP contribution in [0.25, 0.3) is 0 Å². The molecule has 0 aromatic rings. The Morgan fingerprint density at radius 2 is 0.909 bits per heavy atom. The first kappa shape index (κ1) is 31.6. The Hall–Kier alpha value is -0.621. The molecular weight excluding hydrogens is 208 g/mol. The summed E-state index contributed by atoms with van der Waals surface area (Å²) < 4.78 is 0. The van der Waals surface area contributed by atoms with E-state index in [0.717, 1.165) is 13.8 Å². The Morgan fingerprint density at radius 1 is 0.909 bits per heavy atom. The van der Waals surface area contributed by atoms with Crippen LogP contribution >= 0.6 is 0 Å². The first-order valence-electron chi connectivity index (χ1n) is 1.86. The van der Waals surface area contributed by atoms with Crippen molar-refractivity contribution in [2.45, 2.75) is 13.8 Å². The largest absolute Gasteiger partial charge is 0.481 e. The normalized spacial score (nSPS) is 4.55. The molecule has 0 aromatic heterocycles. The van der Waals surface area contributed by atoms with E-state index in [1.807, 2.05) is 0 Å². The van der Waals surface area contributed by atoms with Gasteiger partial charge in [0.25, 0.3) is 11.9 Å². The molecule has 7 heteroatoms. The van der Waals surface area contributed by atoms with Crippen LogP contribution in [0.2, 0.25) is 0 Å². The molecule has 0 fully saturated rings. The summed E-state index contributed by atoms with van der Waals surface area (Å²) in [6.45, 7) is 2.17. The molecule has 0 heterocycles. The molecule has 0 aromatic carbocycles. The zero-order valence-corrected chi connectivity index (χ0v) is 6.95. The van der Waals surface area contributed by atoms with Gasteiger partial charge in [-0.25, -0.2) is 0 Å². The van der Waals surface area contributed by atoms with Crippen LogP contribution in [0, 0.1) is 0 Å². The van der Waals surface area contributed by atoms with Gasteiger partial charge in [0, 0.05) is 30.9 Å². The molecule has 6 nitrogen and oxygen atoms in total. The molecule has 0 bridgehead atoms. The van der Waals surface area contributed by atoms with E-state index < -0.39 is 11.9 Å². The second-order valence-corrected chi connectivity index (χ2v) is 1.04. The number of aliphatic carboxylic acids is 2. The van der Waals surface area contributed by atoms with Gasteiger partial charge in [-0.15, -0.1) is 0 Å². The summed E-state index contributed by atoms with van der Waals surface area (Å²) in [5.74, 6) is -1.67. The van der Waals surface area contributed by atoms with Gasteiger partial charge in [-0.2, -0.15) is 0 Å². The van der Waals surface area contributed by atoms with E-state index in [9.17, 15) is 0 Å². The first-order valence-corrected chi connectivity index (χ1v) is 1.86. The van der Waals surface area contributed by atoms with Crippen LogP contribution < -0.4 is 0 Å². The minimum Gasteiger partial charge on any atom is -0.481 e. The van der Waals surface area contributed by atoms with Gasteiger partial charge in [0.1, 0.15) is 0 Å². The quantitative estimate of drug-likeness (QED) is 0.480. The Balaban J connectivity index is -0.0000000171. The van der Waals surface area contributed by atoms with E-state index in [4.69, 9.17) is 19.8 Å². The molecule has 0 spiro atoms. The Bertz CT molecular complexity index is 72.6. The number of hydrogen-bond acceptors (Lipinski definition) is 2. The van der Waals surface area contributed by atoms with Gasteiger partial charge < -0.3 is 21.2 Å². The van der Waals surface area contributed by atoms with Crippen LogP contribution in [0.5, 0.6) is 0 Å². The fourth-order valence-electron chi connectivity index (χ4n) is 0. The summed E-state index contributed by atoms with van der Waals surface area (Å²) in [6, 6.07) is 0. The standard InChI is InChI=1S/2C2H4O2.Cu.2H2O/c2*1-2(3)4;;;/h2*1H3,(H,3,4);;2*1H2. The summed E-state index contributed by atoms with van der Waals surface area (Å²) in [6.07, 6.45) is 0. The van der Waals surface area contributed by atoms with Crippen LogP contribution in [0.15, 0.2) is 0 Å². The SMILES string of the molecule is CC(=O)O.CC(=O)O.O.O.[Cu]. The minimum absolute atomic E-state index is 0. The predicted octanol–water partition coefficient (Wildman–Crippen LogP) is -1.47. The molecule has 1 radical (unpaired) electrons. The van der Waals surface area contributed by atoms with Crippen LogP contribution in [0.3, 0.4) is 0 Å². The number of carboxylic acids is 2. The van der Waals surface area contributed by atoms with Gasteiger partial charge in [0.2, 0.25) is 0 Å². The van der Waals surface area contributed by atoms with Crippen molar-refractivity contribution in [1.29, 1.82) is 0 Å². The second-order valence-electron chi connectivity index (χ2n) is 1.04. The molecule has 0 aliphatic rings. The molecule has 0 atom stereocenters. The molecule has 75 valence electrons. The first-order chi connectivity index (χ1) is 3.46. The summed E-state index contributed by atoms with van der Waals surface area (Å²) in [4.78, 5) is 18.0. The average Bonchev–Trinajstić information content (AvgIpc) is 1.25. The molecule has 0 aliphatic carbocycles. The van der Waals surface area contributed by atoms with Crippen LogP contribution in [0.4, 0.5) is 0 Å². The molecule has 0 aliphatic heterocycles. The van der Waals surface area contributed by atoms with Crippen LogP contribution in [-0.2, 0) is 26.7 Å². The van der Waals surface area contributed by atoms with Gasteiger partial charge in [-0.1, -0.05) is 0 Å². The zero-order chi connectivity index (χ0) is 7.15. The topological polar surface area (TPSA) is 138 Å². The molecule has 0 unspecified atom stereocenters. The molecular formula is C4H12CuO6. The van der Waals surface area contributed by atoms with Crippen molar-refractivity contribution < 1.29 is 47.8 Å². The third-order valence-corrected chi connectivity index (χ3v) is 0. The molecule has 11 heavy (non-hydrogen) atoms. The summed E-state index contributed by atoms with van der Waals surface area (Å²) >= 11 is 0. The Kier molecular flexibility index (Phi) is 65.3. The fourth-order valence-corrected chi connectivity index (χ4v) is 0. The van der Waals surface area contributed by atoms with Crippen molar-refractivity contribution in [2.24, 2.45) is 0 Å². The molecule has 6 N–H and O–H groups in total. The zero-order valence-electron chi connectivity index (χ0n) is 6.01. The van der Waals surface area contributed by atoms with E-state index in [-0.39, 0.29) is 28.0 Å². The van der Waals surface area contributed by atoms with E-state index in [1.165, 1.54) is 0 Å². The number of carbonyl (C=O) groups is 2. The molecule has 0 amide bonds. The summed E-state index contributed by atoms with van der Waals surface area (Å²) in [7, 11) is 0. The van der Waals surface area contributed by atoms with Crippen molar-refractivity contribution in [3.8, 4) is 0 Å². The number of rotatable bonds is 0. The van der Waals surface area contributed by atoms with E-state index in [0.29, 0.717) is 0 Å². The maximum atomic E-state index is 9.00. The third kappa shape index (κ3) is 1330. The average molecular weight is 220 g/mol. The Labute approximate surface area is 74.3 Å². The van der Waals surface area contributed by atoms with Crippen molar-refractivity contribution in [2.75, 3.05) is 0 Å².